The van der Waals surface area contributed by atoms with Gasteiger partial charge in [0, 0.05) is 27.4 Å². The zero-order chi connectivity index (χ0) is 24.0. The summed E-state index contributed by atoms with van der Waals surface area (Å²) in [6.07, 6.45) is 2.17. The molecule has 33 heavy (non-hydrogen) atoms. The molecule has 2 aliphatic rings. The van der Waals surface area contributed by atoms with E-state index < -0.39 is 15.7 Å². The summed E-state index contributed by atoms with van der Waals surface area (Å²) in [6.45, 7) is 4.48. The number of imidazole rings is 1. The zero-order valence-electron chi connectivity index (χ0n) is 18.3. The number of rotatable bonds is 12. The number of aromatic nitrogens is 2. The van der Waals surface area contributed by atoms with Crippen molar-refractivity contribution in [2.45, 2.75) is 42.2 Å². The van der Waals surface area contributed by atoms with Crippen molar-refractivity contribution in [3.63, 3.8) is 0 Å². The van der Waals surface area contributed by atoms with Crippen molar-refractivity contribution in [3.8, 4) is 5.69 Å². The minimum Gasteiger partial charge on any atom is -0.381 e. The maximum atomic E-state index is 12.9. The average molecular weight is 579 g/mol. The van der Waals surface area contributed by atoms with E-state index in [-0.39, 0.29) is 17.4 Å². The molecule has 1 aromatic rings. The molecule has 0 atom stereocenters. The van der Waals surface area contributed by atoms with Crippen molar-refractivity contribution in [2.24, 2.45) is 0 Å². The molecule has 0 fully saturated rings. The van der Waals surface area contributed by atoms with Crippen LogP contribution in [0.25, 0.3) is 5.69 Å². The third-order valence-electron chi connectivity index (χ3n) is 4.87. The van der Waals surface area contributed by atoms with Crippen molar-refractivity contribution in [1.29, 1.82) is 0 Å². The molecule has 0 radical (unpaired) electrons. The minimum atomic E-state index is -3.93. The summed E-state index contributed by atoms with van der Waals surface area (Å²) in [5.41, 5.74) is 0.634. The molecule has 0 bridgehead atoms. The molecule has 0 amide bonds. The Bertz CT molecular complexity index is 1210. The summed E-state index contributed by atoms with van der Waals surface area (Å²) in [7, 11) is -3.93. The highest BCUT2D eigenvalue weighted by molar-refractivity contribution is 9.10. The summed E-state index contributed by atoms with van der Waals surface area (Å²) in [5, 5.41) is 0. The number of alkyl halides is 1. The number of nitrogens with one attached hydrogen (secondary N) is 1. The molecule has 3 rings (SSSR count). The third-order valence-corrected chi connectivity index (χ3v) is 9.16. The van der Waals surface area contributed by atoms with Gasteiger partial charge in [0.1, 0.15) is 5.69 Å². The predicted octanol–water partition coefficient (Wildman–Crippen LogP) is 5.16. The number of unbranched alkanes of at least 4 members (excludes halogenated alkanes) is 2. The van der Waals surface area contributed by atoms with Crippen LogP contribution in [0.3, 0.4) is 0 Å². The Morgan fingerprint density at radius 3 is 2.61 bits per heavy atom. The first-order chi connectivity index (χ1) is 15.7. The smallest absolute Gasteiger partial charge is 0.354 e. The van der Waals surface area contributed by atoms with Crippen LogP contribution in [0.5, 0.6) is 0 Å². The minimum absolute atomic E-state index is 0.0110. The molecular formula is C21H25BrFN3O4S3. The van der Waals surface area contributed by atoms with E-state index in [1.165, 1.54) is 39.8 Å². The van der Waals surface area contributed by atoms with Crippen molar-refractivity contribution in [3.05, 3.63) is 49.8 Å². The number of benzene rings is 1. The van der Waals surface area contributed by atoms with Crippen LogP contribution < -0.4 is 10.4 Å². The molecule has 12 heteroatoms. The fourth-order valence-corrected chi connectivity index (χ4v) is 6.70. The highest BCUT2D eigenvalue weighted by Gasteiger charge is 2.26. The number of anilines is 1. The molecule has 1 aromatic carbocycles. The van der Waals surface area contributed by atoms with Gasteiger partial charge in [-0.05, 0) is 57.4 Å². The topological polar surface area (TPSA) is 90.3 Å². The van der Waals surface area contributed by atoms with Gasteiger partial charge in [-0.3, -0.25) is 13.7 Å². The molecule has 0 unspecified atom stereocenters. The first-order valence-corrected chi connectivity index (χ1v) is 14.4. The number of fused-ring (bicyclic) bond motifs is 1. The third kappa shape index (κ3) is 6.56. The predicted molar refractivity (Wildman–Crippen MR) is 135 cm³/mol. The molecule has 0 spiro atoms. The van der Waals surface area contributed by atoms with Gasteiger partial charge in [0.15, 0.2) is 5.82 Å². The molecule has 0 saturated heterocycles. The van der Waals surface area contributed by atoms with Crippen LogP contribution in [0, 0.1) is 13.8 Å². The highest BCUT2D eigenvalue weighted by atomic mass is 79.9. The highest BCUT2D eigenvalue weighted by Crippen LogP contribution is 2.38. The number of hydrogen-bond acceptors (Lipinski definition) is 7. The molecule has 0 aliphatic carbocycles. The van der Waals surface area contributed by atoms with Crippen molar-refractivity contribution in [1.82, 2.24) is 9.55 Å². The molecule has 2 aliphatic heterocycles. The number of nitrogens with zero attached hydrogens (tertiary/aromatic N) is 2. The van der Waals surface area contributed by atoms with Crippen LogP contribution in [-0.2, 0) is 14.8 Å². The average Bonchev–Trinajstić information content (AvgIpc) is 3.09. The zero-order valence-corrected chi connectivity index (χ0v) is 22.3. The maximum absolute atomic E-state index is 12.9. The fraction of sp³-hybridized carbons (Fsp3) is 0.429. The number of thioether (sulfide) groups is 1. The Labute approximate surface area is 209 Å². The molecule has 180 valence electrons. The van der Waals surface area contributed by atoms with Gasteiger partial charge in [0.05, 0.1) is 22.4 Å². The molecule has 0 aromatic heterocycles. The van der Waals surface area contributed by atoms with E-state index in [4.69, 9.17) is 4.74 Å². The Morgan fingerprint density at radius 2 is 1.91 bits per heavy atom. The lowest BCUT2D eigenvalue weighted by molar-refractivity contribution is 0.145. The van der Waals surface area contributed by atoms with E-state index in [1.807, 2.05) is 13.8 Å². The fourth-order valence-electron chi connectivity index (χ4n) is 3.06. The second-order valence-electron chi connectivity index (χ2n) is 7.23. The lowest BCUT2D eigenvalue weighted by Gasteiger charge is -2.16. The summed E-state index contributed by atoms with van der Waals surface area (Å²) in [4.78, 5) is 17.7. The maximum Gasteiger partial charge on any atom is 0.354 e. The van der Waals surface area contributed by atoms with Crippen LogP contribution >= 0.6 is 39.0 Å². The summed E-state index contributed by atoms with van der Waals surface area (Å²) < 4.78 is 49.0. The van der Waals surface area contributed by atoms with Gasteiger partial charge in [-0.15, -0.1) is 23.1 Å². The van der Waals surface area contributed by atoms with Crippen LogP contribution in [0.4, 0.5) is 10.2 Å². The van der Waals surface area contributed by atoms with E-state index in [9.17, 15) is 17.6 Å². The van der Waals surface area contributed by atoms with Crippen LogP contribution in [-0.4, -0.2) is 43.6 Å². The summed E-state index contributed by atoms with van der Waals surface area (Å²) >= 11 is 6.26. The van der Waals surface area contributed by atoms with Gasteiger partial charge in [-0.2, -0.15) is 4.98 Å². The Morgan fingerprint density at radius 1 is 1.18 bits per heavy atom. The number of halogens is 2. The SMILES string of the molecule is Cc1sc(SCCOCCCCCF)c2c(NS(=O)(=O)c3ccc(Br)cc3)nc(=O)n-2c1C. The van der Waals surface area contributed by atoms with E-state index in [1.54, 1.807) is 12.1 Å². The van der Waals surface area contributed by atoms with E-state index in [0.717, 1.165) is 32.1 Å². The molecule has 0 saturated carbocycles. The van der Waals surface area contributed by atoms with Gasteiger partial charge in [0.25, 0.3) is 10.0 Å². The van der Waals surface area contributed by atoms with Crippen LogP contribution in [0.15, 0.2) is 42.6 Å². The van der Waals surface area contributed by atoms with Crippen molar-refractivity contribution < 1.29 is 17.5 Å². The van der Waals surface area contributed by atoms with E-state index >= 15 is 0 Å². The van der Waals surface area contributed by atoms with Crippen molar-refractivity contribution >= 4 is 54.9 Å². The van der Waals surface area contributed by atoms with Crippen molar-refractivity contribution in [2.75, 3.05) is 30.4 Å². The second kappa shape index (κ2) is 11.8. The van der Waals surface area contributed by atoms with E-state index in [2.05, 4.69) is 25.6 Å². The summed E-state index contributed by atoms with van der Waals surface area (Å²) in [6, 6.07) is 6.21. The number of ether oxygens (including phenoxy) is 1. The first-order valence-electron chi connectivity index (χ1n) is 10.3. The Hall–Kier alpha value is -1.47. The van der Waals surface area contributed by atoms with Gasteiger partial charge in [0.2, 0.25) is 0 Å². The molecule has 2 heterocycles. The quantitative estimate of drug-likeness (QED) is 0.236. The molecule has 1 N–H and O–H groups in total. The monoisotopic (exact) mass is 577 g/mol. The number of hydrogen-bond donors (Lipinski definition) is 1. The number of sulfonamides is 1. The van der Waals surface area contributed by atoms with Gasteiger partial charge < -0.3 is 4.74 Å². The summed E-state index contributed by atoms with van der Waals surface area (Å²) in [5.74, 6) is 0.632. The Balaban J connectivity index is 1.81. The second-order valence-corrected chi connectivity index (χ2v) is 12.4. The lowest BCUT2D eigenvalue weighted by Crippen LogP contribution is -2.17. The molecule has 7 nitrogen and oxygen atoms in total. The lowest BCUT2D eigenvalue weighted by atomic mass is 10.3. The number of aryl methyl sites for hydroxylation is 1. The van der Waals surface area contributed by atoms with Crippen LogP contribution in [0.1, 0.15) is 29.8 Å². The van der Waals surface area contributed by atoms with Crippen LogP contribution in [0.2, 0.25) is 0 Å². The van der Waals surface area contributed by atoms with E-state index in [0.29, 0.717) is 31.1 Å². The van der Waals surface area contributed by atoms with Gasteiger partial charge >= 0.3 is 5.69 Å². The van der Waals surface area contributed by atoms with Gasteiger partial charge in [-0.25, -0.2) is 13.2 Å². The van der Waals surface area contributed by atoms with Gasteiger partial charge in [-0.1, -0.05) is 15.9 Å². The first kappa shape index (κ1) is 26.1. The molecular weight excluding hydrogens is 553 g/mol. The normalized spacial score (nSPS) is 11.9. The Kier molecular flexibility index (Phi) is 9.34. The largest absolute Gasteiger partial charge is 0.381 e. The standard InChI is InChI=1S/C21H25BrFN3O4S3/c1-14-15(2)32-20(31-13-12-30-11-5-3-4-10-23)18-19(24-21(27)26(14)18)25-33(28,29)17-8-6-16(22)7-9-17/h6-9H,3-5,10-13H2,1-2H3,(H,24,25,27).